The SMILES string of the molecule is C=CCC(NCc1ccc(OC)cc1)c1ccc(C)cc1. The van der Waals surface area contributed by atoms with Crippen LogP contribution in [0.1, 0.15) is 29.2 Å². The van der Waals surface area contributed by atoms with E-state index in [9.17, 15) is 0 Å². The molecule has 1 atom stereocenters. The molecule has 0 bridgehead atoms. The third kappa shape index (κ3) is 4.47. The number of benzene rings is 2. The Labute approximate surface area is 127 Å². The van der Waals surface area contributed by atoms with Crippen LogP contribution in [0.25, 0.3) is 0 Å². The van der Waals surface area contributed by atoms with Crippen LogP contribution in [-0.4, -0.2) is 7.11 Å². The molecule has 2 heteroatoms. The van der Waals surface area contributed by atoms with Gasteiger partial charge >= 0.3 is 0 Å². The van der Waals surface area contributed by atoms with Crippen LogP contribution < -0.4 is 10.1 Å². The predicted molar refractivity (Wildman–Crippen MR) is 88.6 cm³/mol. The molecule has 0 aromatic heterocycles. The second kappa shape index (κ2) is 7.65. The van der Waals surface area contributed by atoms with Gasteiger partial charge in [-0.3, -0.25) is 0 Å². The lowest BCUT2D eigenvalue weighted by Gasteiger charge is -2.18. The summed E-state index contributed by atoms with van der Waals surface area (Å²) in [6, 6.07) is 17.1. The maximum Gasteiger partial charge on any atom is 0.118 e. The van der Waals surface area contributed by atoms with E-state index in [4.69, 9.17) is 4.74 Å². The number of methoxy groups -OCH3 is 1. The summed E-state index contributed by atoms with van der Waals surface area (Å²) in [6.07, 6.45) is 2.88. The molecule has 110 valence electrons. The van der Waals surface area contributed by atoms with Crippen molar-refractivity contribution >= 4 is 0 Å². The van der Waals surface area contributed by atoms with Gasteiger partial charge in [-0.2, -0.15) is 0 Å². The van der Waals surface area contributed by atoms with Gasteiger partial charge in [0.1, 0.15) is 5.75 Å². The Balaban J connectivity index is 2.02. The van der Waals surface area contributed by atoms with Crippen LogP contribution in [0.3, 0.4) is 0 Å². The van der Waals surface area contributed by atoms with Crippen LogP contribution in [0.4, 0.5) is 0 Å². The quantitative estimate of drug-likeness (QED) is 0.759. The minimum absolute atomic E-state index is 0.296. The van der Waals surface area contributed by atoms with Crippen molar-refractivity contribution in [3.8, 4) is 5.75 Å². The van der Waals surface area contributed by atoms with Crippen LogP contribution in [0.5, 0.6) is 5.75 Å². The van der Waals surface area contributed by atoms with E-state index in [-0.39, 0.29) is 0 Å². The minimum atomic E-state index is 0.296. The lowest BCUT2D eigenvalue weighted by Crippen LogP contribution is -2.20. The Morgan fingerprint density at radius 2 is 1.76 bits per heavy atom. The average Bonchev–Trinajstić information content (AvgIpc) is 2.53. The Morgan fingerprint density at radius 3 is 2.33 bits per heavy atom. The van der Waals surface area contributed by atoms with Gasteiger partial charge in [0.2, 0.25) is 0 Å². The average molecular weight is 281 g/mol. The molecule has 0 spiro atoms. The summed E-state index contributed by atoms with van der Waals surface area (Å²) in [5.74, 6) is 0.889. The zero-order valence-electron chi connectivity index (χ0n) is 12.8. The largest absolute Gasteiger partial charge is 0.497 e. The number of ether oxygens (including phenoxy) is 1. The summed E-state index contributed by atoms with van der Waals surface area (Å²) < 4.78 is 5.18. The van der Waals surface area contributed by atoms with Gasteiger partial charge in [-0.05, 0) is 36.6 Å². The highest BCUT2D eigenvalue weighted by Crippen LogP contribution is 2.19. The molecule has 2 rings (SSSR count). The highest BCUT2D eigenvalue weighted by atomic mass is 16.5. The fourth-order valence-electron chi connectivity index (χ4n) is 2.29. The highest BCUT2D eigenvalue weighted by Gasteiger charge is 2.09. The molecular weight excluding hydrogens is 258 g/mol. The monoisotopic (exact) mass is 281 g/mol. The summed E-state index contributed by atoms with van der Waals surface area (Å²) in [5.41, 5.74) is 3.83. The zero-order chi connectivity index (χ0) is 15.1. The van der Waals surface area contributed by atoms with Crippen LogP contribution in [0.15, 0.2) is 61.2 Å². The number of nitrogens with one attached hydrogen (secondary N) is 1. The van der Waals surface area contributed by atoms with E-state index < -0.39 is 0 Å². The molecule has 0 amide bonds. The van der Waals surface area contributed by atoms with Gasteiger partial charge in [-0.15, -0.1) is 6.58 Å². The van der Waals surface area contributed by atoms with Crippen molar-refractivity contribution in [2.75, 3.05) is 7.11 Å². The second-order valence-electron chi connectivity index (χ2n) is 5.22. The van der Waals surface area contributed by atoms with Crippen molar-refractivity contribution in [3.05, 3.63) is 77.9 Å². The lowest BCUT2D eigenvalue weighted by molar-refractivity contribution is 0.414. The Bertz CT molecular complexity index is 557. The van der Waals surface area contributed by atoms with Gasteiger partial charge in [-0.1, -0.05) is 48.0 Å². The first-order chi connectivity index (χ1) is 10.2. The van der Waals surface area contributed by atoms with E-state index in [1.807, 2.05) is 18.2 Å². The Hall–Kier alpha value is -2.06. The van der Waals surface area contributed by atoms with Gasteiger partial charge in [0.25, 0.3) is 0 Å². The standard InChI is InChI=1S/C19H23NO/c1-4-5-19(17-10-6-15(2)7-11-17)20-14-16-8-12-18(21-3)13-9-16/h4,6-13,19-20H,1,5,14H2,2-3H3. The molecule has 0 saturated heterocycles. The first-order valence-corrected chi connectivity index (χ1v) is 7.26. The van der Waals surface area contributed by atoms with Gasteiger partial charge in [0.05, 0.1) is 7.11 Å². The number of rotatable bonds is 7. The second-order valence-corrected chi connectivity index (χ2v) is 5.22. The Morgan fingerprint density at radius 1 is 1.10 bits per heavy atom. The molecule has 21 heavy (non-hydrogen) atoms. The summed E-state index contributed by atoms with van der Waals surface area (Å²) in [6.45, 7) is 6.80. The first-order valence-electron chi connectivity index (χ1n) is 7.26. The third-order valence-electron chi connectivity index (χ3n) is 3.59. The molecular formula is C19H23NO. The van der Waals surface area contributed by atoms with Crippen molar-refractivity contribution in [1.29, 1.82) is 0 Å². The first kappa shape index (κ1) is 15.3. The van der Waals surface area contributed by atoms with Gasteiger partial charge in [0, 0.05) is 12.6 Å². The normalized spacial score (nSPS) is 11.9. The molecule has 0 heterocycles. The maximum atomic E-state index is 5.18. The summed E-state index contributed by atoms with van der Waals surface area (Å²) >= 11 is 0. The molecule has 0 saturated carbocycles. The van der Waals surface area contributed by atoms with E-state index in [1.54, 1.807) is 7.11 Å². The van der Waals surface area contributed by atoms with E-state index in [1.165, 1.54) is 16.7 Å². The minimum Gasteiger partial charge on any atom is -0.497 e. The van der Waals surface area contributed by atoms with Gasteiger partial charge in [-0.25, -0.2) is 0 Å². The van der Waals surface area contributed by atoms with E-state index in [0.29, 0.717) is 6.04 Å². The van der Waals surface area contributed by atoms with Crippen LogP contribution in [0, 0.1) is 6.92 Å². The Kier molecular flexibility index (Phi) is 5.59. The van der Waals surface area contributed by atoms with E-state index in [0.717, 1.165) is 18.7 Å². The number of hydrogen-bond acceptors (Lipinski definition) is 2. The molecule has 2 nitrogen and oxygen atoms in total. The summed E-state index contributed by atoms with van der Waals surface area (Å²) in [5, 5.41) is 3.60. The lowest BCUT2D eigenvalue weighted by atomic mass is 10.0. The predicted octanol–water partition coefficient (Wildman–Crippen LogP) is 4.41. The fraction of sp³-hybridized carbons (Fsp3) is 0.263. The molecule has 0 radical (unpaired) electrons. The van der Waals surface area contributed by atoms with Gasteiger partial charge < -0.3 is 10.1 Å². The molecule has 2 aromatic rings. The third-order valence-corrected chi connectivity index (χ3v) is 3.59. The zero-order valence-corrected chi connectivity index (χ0v) is 12.8. The van der Waals surface area contributed by atoms with Crippen molar-refractivity contribution in [1.82, 2.24) is 5.32 Å². The van der Waals surface area contributed by atoms with E-state index >= 15 is 0 Å². The highest BCUT2D eigenvalue weighted by molar-refractivity contribution is 5.28. The fourth-order valence-corrected chi connectivity index (χ4v) is 2.29. The molecule has 0 fully saturated rings. The van der Waals surface area contributed by atoms with Crippen molar-refractivity contribution < 1.29 is 4.74 Å². The van der Waals surface area contributed by atoms with Crippen LogP contribution in [-0.2, 0) is 6.54 Å². The van der Waals surface area contributed by atoms with Crippen molar-refractivity contribution in [2.45, 2.75) is 25.9 Å². The van der Waals surface area contributed by atoms with Crippen molar-refractivity contribution in [2.24, 2.45) is 0 Å². The molecule has 0 aliphatic heterocycles. The molecule has 0 aliphatic carbocycles. The smallest absolute Gasteiger partial charge is 0.118 e. The van der Waals surface area contributed by atoms with Crippen LogP contribution >= 0.6 is 0 Å². The molecule has 2 aromatic carbocycles. The summed E-state index contributed by atoms with van der Waals surface area (Å²) in [7, 11) is 1.69. The molecule has 1 unspecified atom stereocenters. The summed E-state index contributed by atoms with van der Waals surface area (Å²) in [4.78, 5) is 0. The molecule has 0 aliphatic rings. The molecule has 1 N–H and O–H groups in total. The topological polar surface area (TPSA) is 21.3 Å². The van der Waals surface area contributed by atoms with Crippen LogP contribution in [0.2, 0.25) is 0 Å². The number of hydrogen-bond donors (Lipinski definition) is 1. The number of aryl methyl sites for hydroxylation is 1. The van der Waals surface area contributed by atoms with E-state index in [2.05, 4.69) is 55.2 Å². The maximum absolute atomic E-state index is 5.18. The van der Waals surface area contributed by atoms with Crippen molar-refractivity contribution in [3.63, 3.8) is 0 Å². The van der Waals surface area contributed by atoms with Gasteiger partial charge in [0.15, 0.2) is 0 Å².